The summed E-state index contributed by atoms with van der Waals surface area (Å²) in [5, 5.41) is 11.0. The summed E-state index contributed by atoms with van der Waals surface area (Å²) in [6.07, 6.45) is 0. The molecule has 0 aliphatic carbocycles. The molecule has 2 aromatic carbocycles. The predicted octanol–water partition coefficient (Wildman–Crippen LogP) is 2.79. The lowest BCUT2D eigenvalue weighted by atomic mass is 10.1. The molecule has 25 heavy (non-hydrogen) atoms. The highest BCUT2D eigenvalue weighted by molar-refractivity contribution is 5.98. The zero-order valence-corrected chi connectivity index (χ0v) is 13.2. The van der Waals surface area contributed by atoms with Gasteiger partial charge in [0.25, 0.3) is 5.69 Å². The third-order valence-corrected chi connectivity index (χ3v) is 3.79. The lowest BCUT2D eigenvalue weighted by Crippen LogP contribution is -2.37. The smallest absolute Gasteiger partial charge is 0.345 e. The molecule has 0 spiro atoms. The van der Waals surface area contributed by atoms with Gasteiger partial charge < -0.3 is 14.4 Å². The van der Waals surface area contributed by atoms with Crippen molar-refractivity contribution >= 4 is 17.3 Å². The molecule has 1 aliphatic heterocycles. The Kier molecular flexibility index (Phi) is 4.90. The third-order valence-electron chi connectivity index (χ3n) is 3.79. The van der Waals surface area contributed by atoms with Crippen LogP contribution in [0.4, 0.5) is 15.8 Å². The lowest BCUT2D eigenvalue weighted by molar-refractivity contribution is -0.384. The number of carbonyl (C=O) groups excluding carboxylic acids is 1. The molecule has 0 amide bonds. The number of anilines is 1. The van der Waals surface area contributed by atoms with Gasteiger partial charge in [0, 0.05) is 25.2 Å². The Labute approximate surface area is 142 Å². The van der Waals surface area contributed by atoms with Gasteiger partial charge in [0.05, 0.1) is 29.4 Å². The molecular formula is C17H15FN2O5. The number of halogens is 1. The first-order chi connectivity index (χ1) is 12.0. The Morgan fingerprint density at radius 3 is 2.48 bits per heavy atom. The van der Waals surface area contributed by atoms with E-state index >= 15 is 0 Å². The number of esters is 1. The van der Waals surface area contributed by atoms with Gasteiger partial charge in [-0.3, -0.25) is 10.1 Å². The second-order valence-corrected chi connectivity index (χ2v) is 5.40. The van der Waals surface area contributed by atoms with Gasteiger partial charge in [-0.2, -0.15) is 0 Å². The van der Waals surface area contributed by atoms with Crippen LogP contribution < -0.4 is 9.64 Å². The maximum Gasteiger partial charge on any atom is 0.345 e. The standard InChI is InChI=1S/C17H15FN2O5/c18-12-1-4-14(5-2-12)25-17(21)15-11-13(20(22)23)3-6-16(15)19-7-9-24-10-8-19/h1-6,11H,7-10H2. The van der Waals surface area contributed by atoms with Gasteiger partial charge in [0.15, 0.2) is 0 Å². The molecule has 2 aromatic rings. The molecule has 3 rings (SSSR count). The molecule has 0 radical (unpaired) electrons. The van der Waals surface area contributed by atoms with Crippen molar-refractivity contribution in [1.82, 2.24) is 0 Å². The maximum atomic E-state index is 13.0. The monoisotopic (exact) mass is 346 g/mol. The Bertz CT molecular complexity index is 788. The van der Waals surface area contributed by atoms with Crippen LogP contribution in [-0.4, -0.2) is 37.2 Å². The number of non-ortho nitro benzene ring substituents is 1. The van der Waals surface area contributed by atoms with Gasteiger partial charge in [-0.15, -0.1) is 0 Å². The van der Waals surface area contributed by atoms with Crippen LogP contribution in [0.3, 0.4) is 0 Å². The molecule has 0 saturated carbocycles. The van der Waals surface area contributed by atoms with Crippen molar-refractivity contribution in [1.29, 1.82) is 0 Å². The number of nitro groups is 1. The molecule has 0 bridgehead atoms. The topological polar surface area (TPSA) is 81.9 Å². The summed E-state index contributed by atoms with van der Waals surface area (Å²) in [5.74, 6) is -1.04. The molecule has 0 N–H and O–H groups in total. The Hall–Kier alpha value is -3.00. The van der Waals surface area contributed by atoms with E-state index in [9.17, 15) is 19.3 Å². The van der Waals surface area contributed by atoms with E-state index < -0.39 is 16.7 Å². The van der Waals surface area contributed by atoms with Crippen molar-refractivity contribution in [3.8, 4) is 5.75 Å². The number of benzene rings is 2. The average Bonchev–Trinajstić information content (AvgIpc) is 2.63. The minimum absolute atomic E-state index is 0.0837. The number of carbonyl (C=O) groups is 1. The van der Waals surface area contributed by atoms with E-state index in [2.05, 4.69) is 0 Å². The van der Waals surface area contributed by atoms with Gasteiger partial charge in [-0.25, -0.2) is 9.18 Å². The van der Waals surface area contributed by atoms with Crippen molar-refractivity contribution in [3.05, 3.63) is 64.0 Å². The minimum atomic E-state index is -0.739. The fraction of sp³-hybridized carbons (Fsp3) is 0.235. The van der Waals surface area contributed by atoms with Crippen LogP contribution in [0, 0.1) is 15.9 Å². The summed E-state index contributed by atoms with van der Waals surface area (Å²) < 4.78 is 23.5. The Balaban J connectivity index is 1.92. The van der Waals surface area contributed by atoms with Crippen LogP contribution in [-0.2, 0) is 4.74 Å². The highest BCUT2D eigenvalue weighted by atomic mass is 19.1. The second kappa shape index (κ2) is 7.27. The number of ether oxygens (including phenoxy) is 2. The summed E-state index contributed by atoms with van der Waals surface area (Å²) in [5.41, 5.74) is 0.421. The van der Waals surface area contributed by atoms with Crippen molar-refractivity contribution in [2.45, 2.75) is 0 Å². The fourth-order valence-electron chi connectivity index (χ4n) is 2.55. The predicted molar refractivity (Wildman–Crippen MR) is 87.5 cm³/mol. The first kappa shape index (κ1) is 16.8. The summed E-state index contributed by atoms with van der Waals surface area (Å²) in [6, 6.07) is 9.04. The zero-order chi connectivity index (χ0) is 17.8. The first-order valence-electron chi connectivity index (χ1n) is 7.63. The minimum Gasteiger partial charge on any atom is -0.423 e. The van der Waals surface area contributed by atoms with Crippen LogP contribution >= 0.6 is 0 Å². The van der Waals surface area contributed by atoms with E-state index in [0.29, 0.717) is 32.0 Å². The number of hydrogen-bond donors (Lipinski definition) is 0. The van der Waals surface area contributed by atoms with E-state index in [0.717, 1.165) is 0 Å². The summed E-state index contributed by atoms with van der Waals surface area (Å²) in [6.45, 7) is 2.14. The highest BCUT2D eigenvalue weighted by Gasteiger charge is 2.23. The molecule has 1 aliphatic rings. The van der Waals surface area contributed by atoms with Crippen LogP contribution in [0.25, 0.3) is 0 Å². The van der Waals surface area contributed by atoms with Crippen LogP contribution in [0.5, 0.6) is 5.75 Å². The van der Waals surface area contributed by atoms with Crippen molar-refractivity contribution < 1.29 is 23.6 Å². The quantitative estimate of drug-likeness (QED) is 0.366. The molecule has 1 fully saturated rings. The molecule has 0 aromatic heterocycles. The average molecular weight is 346 g/mol. The summed E-state index contributed by atoms with van der Waals surface area (Å²) >= 11 is 0. The van der Waals surface area contributed by atoms with E-state index in [1.54, 1.807) is 0 Å². The van der Waals surface area contributed by atoms with E-state index in [1.165, 1.54) is 42.5 Å². The van der Waals surface area contributed by atoms with Gasteiger partial charge in [0.1, 0.15) is 11.6 Å². The van der Waals surface area contributed by atoms with Crippen LogP contribution in [0.15, 0.2) is 42.5 Å². The Morgan fingerprint density at radius 1 is 1.16 bits per heavy atom. The molecule has 0 atom stereocenters. The normalized spacial score (nSPS) is 14.2. The number of nitro benzene ring substituents is 1. The number of nitrogens with zero attached hydrogens (tertiary/aromatic N) is 2. The third kappa shape index (κ3) is 3.92. The number of morpholine rings is 1. The molecule has 130 valence electrons. The molecular weight excluding hydrogens is 331 g/mol. The van der Waals surface area contributed by atoms with E-state index in [4.69, 9.17) is 9.47 Å². The SMILES string of the molecule is O=C(Oc1ccc(F)cc1)c1cc([N+](=O)[O-])ccc1N1CCOCC1. The van der Waals surface area contributed by atoms with E-state index in [-0.39, 0.29) is 17.0 Å². The molecule has 8 heteroatoms. The van der Waals surface area contributed by atoms with E-state index in [1.807, 2.05) is 4.90 Å². The second-order valence-electron chi connectivity index (χ2n) is 5.40. The van der Waals surface area contributed by atoms with Gasteiger partial charge in [0.2, 0.25) is 0 Å². The van der Waals surface area contributed by atoms with Crippen molar-refractivity contribution in [2.75, 3.05) is 31.2 Å². The van der Waals surface area contributed by atoms with Gasteiger partial charge >= 0.3 is 5.97 Å². The molecule has 1 saturated heterocycles. The number of rotatable bonds is 4. The Morgan fingerprint density at radius 2 is 1.84 bits per heavy atom. The van der Waals surface area contributed by atoms with Crippen LogP contribution in [0.1, 0.15) is 10.4 Å². The maximum absolute atomic E-state index is 13.0. The van der Waals surface area contributed by atoms with Gasteiger partial charge in [-0.1, -0.05) is 0 Å². The molecule has 0 unspecified atom stereocenters. The molecule has 1 heterocycles. The number of hydrogen-bond acceptors (Lipinski definition) is 6. The fourth-order valence-corrected chi connectivity index (χ4v) is 2.55. The highest BCUT2D eigenvalue weighted by Crippen LogP contribution is 2.27. The molecule has 7 nitrogen and oxygen atoms in total. The first-order valence-corrected chi connectivity index (χ1v) is 7.63. The van der Waals surface area contributed by atoms with Crippen molar-refractivity contribution in [3.63, 3.8) is 0 Å². The van der Waals surface area contributed by atoms with Gasteiger partial charge in [-0.05, 0) is 30.3 Å². The lowest BCUT2D eigenvalue weighted by Gasteiger charge is -2.30. The zero-order valence-electron chi connectivity index (χ0n) is 13.2. The largest absolute Gasteiger partial charge is 0.423 e. The van der Waals surface area contributed by atoms with Crippen molar-refractivity contribution in [2.24, 2.45) is 0 Å². The summed E-state index contributed by atoms with van der Waals surface area (Å²) in [4.78, 5) is 24.9. The summed E-state index contributed by atoms with van der Waals surface area (Å²) in [7, 11) is 0. The van der Waals surface area contributed by atoms with Crippen LogP contribution in [0.2, 0.25) is 0 Å².